The van der Waals surface area contributed by atoms with Crippen LogP contribution in [0.3, 0.4) is 0 Å². The van der Waals surface area contributed by atoms with Gasteiger partial charge in [-0.25, -0.2) is 8.42 Å². The van der Waals surface area contributed by atoms with Crippen molar-refractivity contribution in [3.63, 3.8) is 0 Å². The van der Waals surface area contributed by atoms with Gasteiger partial charge in [-0.15, -0.1) is 0 Å². The van der Waals surface area contributed by atoms with Gasteiger partial charge in [0.2, 0.25) is 15.9 Å². The third-order valence-electron chi connectivity index (χ3n) is 4.15. The molecule has 0 atom stereocenters. The van der Waals surface area contributed by atoms with Gasteiger partial charge < -0.3 is 14.8 Å². The van der Waals surface area contributed by atoms with Crippen LogP contribution < -0.4 is 10.1 Å². The van der Waals surface area contributed by atoms with Crippen molar-refractivity contribution in [3.8, 4) is 5.75 Å². The number of sulfonamides is 1. The van der Waals surface area contributed by atoms with Crippen molar-refractivity contribution in [1.29, 1.82) is 0 Å². The SMILES string of the molecule is CCOc1ccc(NC(=O)CN(C)CCCOC)cc1S(=O)(=O)N(CC)CC. The molecule has 0 unspecified atom stereocenters. The highest BCUT2D eigenvalue weighted by Crippen LogP contribution is 2.30. The molecule has 28 heavy (non-hydrogen) atoms. The number of likely N-dealkylation sites (N-methyl/N-ethyl adjacent to an activating group) is 1. The van der Waals surface area contributed by atoms with E-state index in [1.165, 1.54) is 10.4 Å². The van der Waals surface area contributed by atoms with Crippen LogP contribution in [0.4, 0.5) is 5.69 Å². The molecule has 1 aromatic carbocycles. The van der Waals surface area contributed by atoms with E-state index in [0.29, 0.717) is 32.0 Å². The Morgan fingerprint density at radius 2 is 1.86 bits per heavy atom. The van der Waals surface area contributed by atoms with Crippen molar-refractivity contribution in [2.24, 2.45) is 0 Å². The lowest BCUT2D eigenvalue weighted by atomic mass is 10.3. The fourth-order valence-electron chi connectivity index (χ4n) is 2.77. The van der Waals surface area contributed by atoms with Gasteiger partial charge in [0.1, 0.15) is 10.6 Å². The second kappa shape index (κ2) is 12.0. The standard InChI is InChI=1S/C19H33N3O5S/c1-6-22(7-2)28(24,25)18-14-16(10-11-17(18)27-8-3)20-19(23)15-21(4)12-9-13-26-5/h10-11,14H,6-9,12-13,15H2,1-5H3,(H,20,23). The predicted octanol–water partition coefficient (Wildman–Crippen LogP) is 2.02. The van der Waals surface area contributed by atoms with E-state index in [9.17, 15) is 13.2 Å². The zero-order valence-corrected chi connectivity index (χ0v) is 18.3. The van der Waals surface area contributed by atoms with Crippen LogP contribution >= 0.6 is 0 Å². The highest BCUT2D eigenvalue weighted by molar-refractivity contribution is 7.89. The lowest BCUT2D eigenvalue weighted by Gasteiger charge is -2.21. The van der Waals surface area contributed by atoms with E-state index in [2.05, 4.69) is 5.32 Å². The molecule has 0 saturated carbocycles. The first-order valence-electron chi connectivity index (χ1n) is 9.54. The third-order valence-corrected chi connectivity index (χ3v) is 6.22. The van der Waals surface area contributed by atoms with Gasteiger partial charge in [0.05, 0.1) is 13.2 Å². The third kappa shape index (κ3) is 7.05. The Morgan fingerprint density at radius 1 is 1.18 bits per heavy atom. The molecule has 0 radical (unpaired) electrons. The monoisotopic (exact) mass is 415 g/mol. The van der Waals surface area contributed by atoms with Gasteiger partial charge in [0.15, 0.2) is 0 Å². The number of carbonyl (C=O) groups is 1. The lowest BCUT2D eigenvalue weighted by Crippen LogP contribution is -2.32. The molecule has 8 nitrogen and oxygen atoms in total. The molecule has 0 heterocycles. The van der Waals surface area contributed by atoms with Gasteiger partial charge in [-0.1, -0.05) is 13.8 Å². The van der Waals surface area contributed by atoms with E-state index in [0.717, 1.165) is 13.0 Å². The summed E-state index contributed by atoms with van der Waals surface area (Å²) in [6.07, 6.45) is 0.829. The van der Waals surface area contributed by atoms with Crippen LogP contribution in [0.15, 0.2) is 23.1 Å². The van der Waals surface area contributed by atoms with E-state index in [-0.39, 0.29) is 23.1 Å². The highest BCUT2D eigenvalue weighted by Gasteiger charge is 2.26. The van der Waals surface area contributed by atoms with Crippen molar-refractivity contribution in [2.75, 3.05) is 58.9 Å². The summed E-state index contributed by atoms with van der Waals surface area (Å²) in [5.41, 5.74) is 0.421. The number of nitrogens with one attached hydrogen (secondary N) is 1. The molecule has 1 rings (SSSR count). The number of amides is 1. The molecule has 0 bridgehead atoms. The Hall–Kier alpha value is -1.68. The van der Waals surface area contributed by atoms with E-state index in [1.807, 2.05) is 11.9 Å². The Bertz CT molecular complexity index is 720. The zero-order valence-electron chi connectivity index (χ0n) is 17.5. The number of rotatable bonds is 13. The first-order valence-corrected chi connectivity index (χ1v) is 11.0. The number of anilines is 1. The fraction of sp³-hybridized carbons (Fsp3) is 0.632. The molecule has 1 N–H and O–H groups in total. The van der Waals surface area contributed by atoms with Gasteiger partial charge >= 0.3 is 0 Å². The molecule has 9 heteroatoms. The predicted molar refractivity (Wildman–Crippen MR) is 110 cm³/mol. The Morgan fingerprint density at radius 3 is 2.43 bits per heavy atom. The van der Waals surface area contributed by atoms with Crippen LogP contribution in [0.2, 0.25) is 0 Å². The van der Waals surface area contributed by atoms with Gasteiger partial charge in [-0.3, -0.25) is 9.69 Å². The smallest absolute Gasteiger partial charge is 0.246 e. The van der Waals surface area contributed by atoms with E-state index in [4.69, 9.17) is 9.47 Å². The zero-order chi connectivity index (χ0) is 21.2. The molecule has 0 aromatic heterocycles. The van der Waals surface area contributed by atoms with Gasteiger partial charge in [-0.05, 0) is 38.6 Å². The second-order valence-electron chi connectivity index (χ2n) is 6.32. The minimum Gasteiger partial charge on any atom is -0.492 e. The fourth-order valence-corrected chi connectivity index (χ4v) is 4.38. The summed E-state index contributed by atoms with van der Waals surface area (Å²) >= 11 is 0. The van der Waals surface area contributed by atoms with Crippen LogP contribution in [0.1, 0.15) is 27.2 Å². The Balaban J connectivity index is 2.99. The number of benzene rings is 1. The summed E-state index contributed by atoms with van der Waals surface area (Å²) in [6.45, 7) is 7.99. The molecule has 0 aliphatic heterocycles. The van der Waals surface area contributed by atoms with Crippen LogP contribution in [0.5, 0.6) is 5.75 Å². The number of methoxy groups -OCH3 is 1. The number of ether oxygens (including phenoxy) is 2. The Kier molecular flexibility index (Phi) is 10.4. The molecule has 0 spiro atoms. The Labute approximate surface area is 168 Å². The van der Waals surface area contributed by atoms with Crippen molar-refractivity contribution in [2.45, 2.75) is 32.1 Å². The largest absolute Gasteiger partial charge is 0.492 e. The molecular formula is C19H33N3O5S. The molecule has 0 saturated heterocycles. The summed E-state index contributed by atoms with van der Waals surface area (Å²) in [6, 6.07) is 4.69. The minimum absolute atomic E-state index is 0.0595. The summed E-state index contributed by atoms with van der Waals surface area (Å²) in [7, 11) is -0.225. The van der Waals surface area contributed by atoms with Gasteiger partial charge in [-0.2, -0.15) is 4.31 Å². The number of carbonyl (C=O) groups excluding carboxylic acids is 1. The van der Waals surface area contributed by atoms with Crippen molar-refractivity contribution < 1.29 is 22.7 Å². The number of nitrogens with zero attached hydrogens (tertiary/aromatic N) is 2. The maximum absolute atomic E-state index is 13.0. The van der Waals surface area contributed by atoms with Crippen LogP contribution in [-0.2, 0) is 19.6 Å². The van der Waals surface area contributed by atoms with Crippen LogP contribution in [0, 0.1) is 0 Å². The highest BCUT2D eigenvalue weighted by atomic mass is 32.2. The molecule has 0 fully saturated rings. The average Bonchev–Trinajstić information content (AvgIpc) is 2.64. The number of hydrogen-bond acceptors (Lipinski definition) is 6. The first kappa shape index (κ1) is 24.4. The van der Waals surface area contributed by atoms with Crippen molar-refractivity contribution >= 4 is 21.6 Å². The van der Waals surface area contributed by atoms with E-state index in [1.54, 1.807) is 40.0 Å². The molecule has 1 aromatic rings. The summed E-state index contributed by atoms with van der Waals surface area (Å²) in [5.74, 6) is 0.0688. The lowest BCUT2D eigenvalue weighted by molar-refractivity contribution is -0.117. The van der Waals surface area contributed by atoms with Crippen molar-refractivity contribution in [1.82, 2.24) is 9.21 Å². The maximum atomic E-state index is 13.0. The van der Waals surface area contributed by atoms with Crippen molar-refractivity contribution in [3.05, 3.63) is 18.2 Å². The van der Waals surface area contributed by atoms with Gasteiger partial charge in [0.25, 0.3) is 0 Å². The van der Waals surface area contributed by atoms with E-state index >= 15 is 0 Å². The van der Waals surface area contributed by atoms with Crippen LogP contribution in [0.25, 0.3) is 0 Å². The molecule has 0 aliphatic carbocycles. The first-order chi connectivity index (χ1) is 13.3. The molecule has 1 amide bonds. The van der Waals surface area contributed by atoms with Gasteiger partial charge in [0, 0.05) is 39.0 Å². The maximum Gasteiger partial charge on any atom is 0.246 e. The summed E-state index contributed by atoms with van der Waals surface area (Å²) in [5, 5.41) is 2.77. The minimum atomic E-state index is -3.72. The van der Waals surface area contributed by atoms with Crippen LogP contribution in [-0.4, -0.2) is 77.1 Å². The normalized spacial score (nSPS) is 11.8. The summed E-state index contributed by atoms with van der Waals surface area (Å²) in [4.78, 5) is 14.2. The van der Waals surface area contributed by atoms with E-state index < -0.39 is 10.0 Å². The quantitative estimate of drug-likeness (QED) is 0.496. The molecule has 0 aliphatic rings. The molecule has 160 valence electrons. The summed E-state index contributed by atoms with van der Waals surface area (Å²) < 4.78 is 37.8. The molecular weight excluding hydrogens is 382 g/mol. The number of hydrogen-bond donors (Lipinski definition) is 1. The average molecular weight is 416 g/mol. The second-order valence-corrected chi connectivity index (χ2v) is 8.22. The topological polar surface area (TPSA) is 88.2 Å².